The van der Waals surface area contributed by atoms with Crippen LogP contribution in [0.25, 0.3) is 11.3 Å². The fraction of sp³-hybridized carbons (Fsp3) is 0.200. The highest BCUT2D eigenvalue weighted by Crippen LogP contribution is 2.37. The van der Waals surface area contributed by atoms with Crippen LogP contribution in [0.5, 0.6) is 5.75 Å². The van der Waals surface area contributed by atoms with Crippen molar-refractivity contribution in [1.82, 2.24) is 13.8 Å². The second kappa shape index (κ2) is 14.4. The molecule has 8 rings (SSSR count). The molecule has 5 aromatic carbocycles. The molecule has 2 aliphatic heterocycles. The first-order valence-electron chi connectivity index (χ1n) is 18.4. The highest BCUT2D eigenvalue weighted by molar-refractivity contribution is 7.89. The number of nitrogens with zero attached hydrogens (tertiary/aromatic N) is 4. The zero-order chi connectivity index (χ0) is 38.4. The minimum atomic E-state index is -3.76. The van der Waals surface area contributed by atoms with Gasteiger partial charge in [-0.25, -0.2) is 8.42 Å². The van der Waals surface area contributed by atoms with Crippen molar-refractivity contribution in [2.24, 2.45) is 7.05 Å². The van der Waals surface area contributed by atoms with Gasteiger partial charge < -0.3 is 14.6 Å². The normalized spacial score (nSPS) is 15.6. The second-order valence-electron chi connectivity index (χ2n) is 14.4. The molecule has 0 bridgehead atoms. The number of hydrogen-bond donors (Lipinski definition) is 1. The van der Waals surface area contributed by atoms with Crippen LogP contribution in [-0.2, 0) is 43.0 Å². The predicted molar refractivity (Wildman–Crippen MR) is 214 cm³/mol. The molecule has 1 N–H and O–H groups in total. The van der Waals surface area contributed by atoms with Crippen molar-refractivity contribution in [2.75, 3.05) is 11.4 Å². The topological polar surface area (TPSA) is 103 Å². The van der Waals surface area contributed by atoms with E-state index in [1.807, 2.05) is 84.1 Å². The highest BCUT2D eigenvalue weighted by atomic mass is 32.2. The fourth-order valence-corrected chi connectivity index (χ4v) is 9.32. The summed E-state index contributed by atoms with van der Waals surface area (Å²) in [5.41, 5.74) is 8.38. The molecule has 1 atom stereocenters. The zero-order valence-corrected chi connectivity index (χ0v) is 31.8. The number of phenolic OH excluding ortho intramolecular Hbond substituents is 1. The molecule has 2 aliphatic rings. The standard InChI is InChI=1S/C45H42N4O5S/c1-30-24-32-12-10-11-13-34(32)29-48(30)44(51)42-26-35-28-47(55(53,54)39-16-8-5-9-17-39)23-22-33(35)25-41(42)43-27-40(31(2)46(43)3)45(52)49(36-14-6-4-7-15-36)37-18-20-38(50)21-19-37/h4-21,25-27,30,50H,22-24,28-29H2,1-3H3/t30-/m1/s1. The summed E-state index contributed by atoms with van der Waals surface area (Å²) in [5.74, 6) is -0.311. The molecule has 55 heavy (non-hydrogen) atoms. The van der Waals surface area contributed by atoms with Crippen LogP contribution in [-0.4, -0.2) is 51.7 Å². The van der Waals surface area contributed by atoms with Gasteiger partial charge in [-0.1, -0.05) is 60.7 Å². The van der Waals surface area contributed by atoms with Gasteiger partial charge >= 0.3 is 0 Å². The molecule has 0 unspecified atom stereocenters. The number of aromatic hydroxyl groups is 1. The van der Waals surface area contributed by atoms with E-state index in [9.17, 15) is 23.1 Å². The monoisotopic (exact) mass is 750 g/mol. The van der Waals surface area contributed by atoms with Crippen molar-refractivity contribution in [2.45, 2.75) is 50.7 Å². The number of rotatable bonds is 7. The van der Waals surface area contributed by atoms with E-state index in [2.05, 4.69) is 19.1 Å². The van der Waals surface area contributed by atoms with Gasteiger partial charge in [0.1, 0.15) is 5.75 Å². The van der Waals surface area contributed by atoms with E-state index >= 15 is 0 Å². The zero-order valence-electron chi connectivity index (χ0n) is 31.0. The van der Waals surface area contributed by atoms with Gasteiger partial charge in [-0.3, -0.25) is 14.5 Å². The lowest BCUT2D eigenvalue weighted by Gasteiger charge is -2.36. The Morgan fingerprint density at radius 3 is 2.07 bits per heavy atom. The van der Waals surface area contributed by atoms with Crippen molar-refractivity contribution in [3.05, 3.63) is 166 Å². The third kappa shape index (κ3) is 6.62. The van der Waals surface area contributed by atoms with Crippen LogP contribution in [0.15, 0.2) is 132 Å². The summed E-state index contributed by atoms with van der Waals surface area (Å²) < 4.78 is 30.9. The van der Waals surface area contributed by atoms with Crippen LogP contribution in [0.2, 0.25) is 0 Å². The van der Waals surface area contributed by atoms with Crippen LogP contribution in [0, 0.1) is 6.92 Å². The van der Waals surface area contributed by atoms with Crippen molar-refractivity contribution < 1.29 is 23.1 Å². The Balaban J connectivity index is 1.24. The molecule has 0 saturated carbocycles. The summed E-state index contributed by atoms with van der Waals surface area (Å²) in [4.78, 5) is 33.4. The third-order valence-electron chi connectivity index (χ3n) is 11.1. The van der Waals surface area contributed by atoms with E-state index in [-0.39, 0.29) is 35.0 Å². The van der Waals surface area contributed by atoms with Gasteiger partial charge in [0.05, 0.1) is 10.5 Å². The molecule has 10 heteroatoms. The molecule has 0 fully saturated rings. The molecule has 0 radical (unpaired) electrons. The van der Waals surface area contributed by atoms with E-state index in [4.69, 9.17) is 0 Å². The SMILES string of the molecule is Cc1c(C(=O)N(c2ccccc2)c2ccc(O)cc2)cc(-c2cc3c(cc2C(=O)N2Cc4ccccc4C[C@H]2C)CN(S(=O)(=O)c2ccccc2)CC3)n1C. The quantitative estimate of drug-likeness (QED) is 0.178. The summed E-state index contributed by atoms with van der Waals surface area (Å²) >= 11 is 0. The minimum Gasteiger partial charge on any atom is -0.508 e. The maximum atomic E-state index is 14.9. The van der Waals surface area contributed by atoms with Crippen molar-refractivity contribution in [3.63, 3.8) is 0 Å². The van der Waals surface area contributed by atoms with Crippen LogP contribution in [0.3, 0.4) is 0 Å². The molecule has 278 valence electrons. The number of aromatic nitrogens is 1. The summed E-state index contributed by atoms with van der Waals surface area (Å²) in [6.45, 7) is 4.85. The molecular weight excluding hydrogens is 709 g/mol. The average Bonchev–Trinajstić information content (AvgIpc) is 3.51. The van der Waals surface area contributed by atoms with Crippen LogP contribution < -0.4 is 4.90 Å². The Bertz CT molecular complexity index is 2530. The number of phenols is 1. The van der Waals surface area contributed by atoms with E-state index in [0.717, 1.165) is 28.8 Å². The summed E-state index contributed by atoms with van der Waals surface area (Å²) in [5, 5.41) is 10.0. The Morgan fingerprint density at radius 1 is 0.727 bits per heavy atom. The number of amides is 2. The second-order valence-corrected chi connectivity index (χ2v) is 16.3. The van der Waals surface area contributed by atoms with Gasteiger partial charge in [0, 0.05) is 66.6 Å². The summed E-state index contributed by atoms with van der Waals surface area (Å²) in [6.07, 6.45) is 1.19. The molecule has 6 aromatic rings. The maximum Gasteiger partial charge on any atom is 0.264 e. The number of carbonyl (C=O) groups excluding carboxylic acids is 2. The van der Waals surface area contributed by atoms with E-state index < -0.39 is 10.0 Å². The molecule has 3 heterocycles. The van der Waals surface area contributed by atoms with Gasteiger partial charge in [-0.2, -0.15) is 4.31 Å². The Kier molecular flexibility index (Phi) is 9.40. The summed E-state index contributed by atoms with van der Waals surface area (Å²) in [6, 6.07) is 38.2. The van der Waals surface area contributed by atoms with Crippen molar-refractivity contribution in [1.29, 1.82) is 0 Å². The number of anilines is 2. The predicted octanol–water partition coefficient (Wildman–Crippen LogP) is 8.02. The molecule has 1 aromatic heterocycles. The lowest BCUT2D eigenvalue weighted by atomic mass is 9.90. The minimum absolute atomic E-state index is 0.0710. The molecule has 2 amide bonds. The van der Waals surface area contributed by atoms with Gasteiger partial charge in [-0.15, -0.1) is 0 Å². The molecular formula is C45H42N4O5S. The molecule has 0 spiro atoms. The Labute approximate surface area is 321 Å². The first kappa shape index (κ1) is 36.0. The molecule has 0 aliphatic carbocycles. The van der Waals surface area contributed by atoms with Gasteiger partial charge in [0.2, 0.25) is 10.0 Å². The van der Waals surface area contributed by atoms with E-state index in [0.29, 0.717) is 53.3 Å². The van der Waals surface area contributed by atoms with Gasteiger partial charge in [0.15, 0.2) is 0 Å². The van der Waals surface area contributed by atoms with E-state index in [1.165, 1.54) is 9.87 Å². The number of sulfonamides is 1. The Morgan fingerprint density at radius 2 is 1.36 bits per heavy atom. The highest BCUT2D eigenvalue weighted by Gasteiger charge is 2.34. The number of hydrogen-bond acceptors (Lipinski definition) is 5. The summed E-state index contributed by atoms with van der Waals surface area (Å²) in [7, 11) is -1.86. The lowest BCUT2D eigenvalue weighted by molar-refractivity contribution is 0.0658. The number of para-hydroxylation sites is 1. The third-order valence-corrected chi connectivity index (χ3v) is 12.9. The fourth-order valence-electron chi connectivity index (χ4n) is 7.88. The largest absolute Gasteiger partial charge is 0.508 e. The van der Waals surface area contributed by atoms with Crippen LogP contribution in [0.4, 0.5) is 11.4 Å². The number of benzene rings is 5. The van der Waals surface area contributed by atoms with Gasteiger partial charge in [0.25, 0.3) is 11.8 Å². The first-order chi connectivity index (χ1) is 26.5. The molecule has 9 nitrogen and oxygen atoms in total. The number of fused-ring (bicyclic) bond motifs is 2. The van der Waals surface area contributed by atoms with Crippen molar-refractivity contribution >= 4 is 33.2 Å². The van der Waals surface area contributed by atoms with Gasteiger partial charge in [-0.05, 0) is 116 Å². The van der Waals surface area contributed by atoms with E-state index in [1.54, 1.807) is 59.5 Å². The molecule has 0 saturated heterocycles. The number of carbonyl (C=O) groups is 2. The van der Waals surface area contributed by atoms with Crippen LogP contribution in [0.1, 0.15) is 55.6 Å². The first-order valence-corrected chi connectivity index (χ1v) is 19.9. The van der Waals surface area contributed by atoms with Crippen LogP contribution >= 0.6 is 0 Å². The maximum absolute atomic E-state index is 14.9. The smallest absolute Gasteiger partial charge is 0.264 e. The Hall–Kier alpha value is -5.97. The van der Waals surface area contributed by atoms with Crippen molar-refractivity contribution in [3.8, 4) is 17.0 Å². The lowest BCUT2D eigenvalue weighted by Crippen LogP contribution is -2.43. The average molecular weight is 751 g/mol.